The van der Waals surface area contributed by atoms with E-state index in [1.807, 2.05) is 24.3 Å². The smallest absolute Gasteiger partial charge is 0.335 e. The molecule has 0 fully saturated rings. The van der Waals surface area contributed by atoms with E-state index in [0.717, 1.165) is 34.3 Å². The van der Waals surface area contributed by atoms with Crippen molar-refractivity contribution in [1.82, 2.24) is 0 Å². The minimum atomic E-state index is -0.550. The van der Waals surface area contributed by atoms with Gasteiger partial charge in [0, 0.05) is 23.1 Å². The highest BCUT2D eigenvalue weighted by Crippen LogP contribution is 2.36. The predicted molar refractivity (Wildman–Crippen MR) is 147 cm³/mol. The highest BCUT2D eigenvalue weighted by Gasteiger charge is 2.12. The molecule has 0 aromatic heterocycles. The maximum Gasteiger partial charge on any atom is 0.335 e. The molecule has 0 N–H and O–H groups in total. The maximum absolute atomic E-state index is 11.2. The molecule has 0 aliphatic rings. The number of benzene rings is 4. The summed E-state index contributed by atoms with van der Waals surface area (Å²) in [6.45, 7) is 11.3. The van der Waals surface area contributed by atoms with Crippen molar-refractivity contribution in [3.63, 3.8) is 0 Å². The third-order valence-electron chi connectivity index (χ3n) is 5.71. The zero-order chi connectivity index (χ0) is 25.5. The quantitative estimate of drug-likeness (QED) is 0.139. The van der Waals surface area contributed by atoms with Crippen LogP contribution in [0, 0.1) is 13.8 Å². The van der Waals surface area contributed by atoms with Crippen molar-refractivity contribution in [2.75, 3.05) is 11.5 Å². The molecule has 0 bridgehead atoms. The molecule has 4 rings (SSSR count). The highest BCUT2D eigenvalue weighted by atomic mass is 16.6. The predicted octanol–water partition coefficient (Wildman–Crippen LogP) is 8.06. The number of hydrogen-bond donors (Lipinski definition) is 0. The second kappa shape index (κ2) is 11.2. The van der Waals surface area contributed by atoms with Crippen molar-refractivity contribution in [3.8, 4) is 16.9 Å². The van der Waals surface area contributed by atoms with Crippen molar-refractivity contribution < 1.29 is 14.3 Å². The van der Waals surface area contributed by atoms with Gasteiger partial charge in [-0.3, -0.25) is 0 Å². The summed E-state index contributed by atoms with van der Waals surface area (Å²) in [6.07, 6.45) is 1.09. The van der Waals surface area contributed by atoms with Gasteiger partial charge in [0.25, 0.3) is 0 Å². The summed E-state index contributed by atoms with van der Waals surface area (Å²) in [4.78, 5) is 13.5. The number of aryl methyl sites for hydroxylation is 2. The number of carbonyl (C=O) groups excluding carboxylic acids is 1. The fourth-order valence-corrected chi connectivity index (χ4v) is 3.76. The first-order valence-electron chi connectivity index (χ1n) is 11.7. The molecule has 180 valence electrons. The normalized spacial score (nSPS) is 10.4. The van der Waals surface area contributed by atoms with Crippen molar-refractivity contribution in [2.24, 2.45) is 0 Å². The van der Waals surface area contributed by atoms with Crippen LogP contribution >= 0.6 is 0 Å². The van der Waals surface area contributed by atoms with E-state index in [-0.39, 0.29) is 12.4 Å². The average Bonchev–Trinajstić information content (AvgIpc) is 2.90. The van der Waals surface area contributed by atoms with Gasteiger partial charge in [0.15, 0.2) is 0 Å². The van der Waals surface area contributed by atoms with E-state index in [9.17, 15) is 4.79 Å². The summed E-state index contributed by atoms with van der Waals surface area (Å²) in [5.74, 6) is 0.341. The van der Waals surface area contributed by atoms with Crippen LogP contribution in [-0.2, 0) is 9.53 Å². The monoisotopic (exact) mass is 475 g/mol. The number of hydrogen-bond acceptors (Lipinski definition) is 4. The van der Waals surface area contributed by atoms with Gasteiger partial charge < -0.3 is 14.4 Å². The van der Waals surface area contributed by atoms with Crippen molar-refractivity contribution >= 4 is 23.0 Å². The summed E-state index contributed by atoms with van der Waals surface area (Å²) in [6, 6.07) is 33.4. The SMILES string of the molecule is C=CC(=O)OC(=C)COc1ccc(-c2ccc(N(c3ccc(C)cc3)c3ccc(C)cc3)cc2)cc1. The Kier molecular flexibility index (Phi) is 7.66. The van der Waals surface area contributed by atoms with Gasteiger partial charge in [0.1, 0.15) is 18.1 Å². The molecule has 4 heteroatoms. The second-order valence-electron chi connectivity index (χ2n) is 8.53. The lowest BCUT2D eigenvalue weighted by molar-refractivity contribution is -0.134. The summed E-state index contributed by atoms with van der Waals surface area (Å²) >= 11 is 0. The molecule has 0 aliphatic carbocycles. The number of anilines is 3. The van der Waals surface area contributed by atoms with Gasteiger partial charge in [-0.15, -0.1) is 0 Å². The Balaban J connectivity index is 1.51. The van der Waals surface area contributed by atoms with Gasteiger partial charge >= 0.3 is 5.97 Å². The molecule has 0 radical (unpaired) electrons. The van der Waals surface area contributed by atoms with Crippen LogP contribution in [0.25, 0.3) is 11.1 Å². The topological polar surface area (TPSA) is 38.8 Å². The minimum absolute atomic E-state index is 0.0848. The number of esters is 1. The van der Waals surface area contributed by atoms with Crippen LogP contribution in [-0.4, -0.2) is 12.6 Å². The van der Waals surface area contributed by atoms with E-state index in [1.165, 1.54) is 11.1 Å². The molecule has 36 heavy (non-hydrogen) atoms. The fourth-order valence-electron chi connectivity index (χ4n) is 3.76. The molecule has 0 amide bonds. The Labute approximate surface area is 212 Å². The van der Waals surface area contributed by atoms with E-state index < -0.39 is 5.97 Å². The molecular weight excluding hydrogens is 446 g/mol. The zero-order valence-corrected chi connectivity index (χ0v) is 20.6. The average molecular weight is 476 g/mol. The lowest BCUT2D eigenvalue weighted by Crippen LogP contribution is -2.09. The summed E-state index contributed by atoms with van der Waals surface area (Å²) in [5.41, 5.74) is 7.93. The number of carbonyl (C=O) groups is 1. The van der Waals surface area contributed by atoms with Gasteiger partial charge in [-0.1, -0.05) is 72.8 Å². The molecule has 0 saturated carbocycles. The number of rotatable bonds is 9. The van der Waals surface area contributed by atoms with E-state index in [4.69, 9.17) is 9.47 Å². The summed E-state index contributed by atoms with van der Waals surface area (Å²) < 4.78 is 10.6. The maximum atomic E-state index is 11.2. The molecule has 0 atom stereocenters. The first-order chi connectivity index (χ1) is 17.4. The van der Waals surface area contributed by atoms with Gasteiger partial charge in [0.05, 0.1) is 0 Å². The third-order valence-corrected chi connectivity index (χ3v) is 5.71. The fraction of sp³-hybridized carbons (Fsp3) is 0.0938. The highest BCUT2D eigenvalue weighted by molar-refractivity contribution is 5.82. The van der Waals surface area contributed by atoms with Crippen LogP contribution in [0.2, 0.25) is 0 Å². The molecule has 4 aromatic rings. The van der Waals surface area contributed by atoms with Crippen LogP contribution < -0.4 is 9.64 Å². The van der Waals surface area contributed by atoms with Gasteiger partial charge in [-0.05, 0) is 73.5 Å². The molecule has 0 heterocycles. The van der Waals surface area contributed by atoms with Crippen LogP contribution in [0.3, 0.4) is 0 Å². The lowest BCUT2D eigenvalue weighted by Gasteiger charge is -2.26. The summed E-state index contributed by atoms with van der Waals surface area (Å²) in [5, 5.41) is 0. The largest absolute Gasteiger partial charge is 0.486 e. The van der Waals surface area contributed by atoms with E-state index in [0.29, 0.717) is 5.75 Å². The zero-order valence-electron chi connectivity index (χ0n) is 20.6. The molecule has 0 saturated heterocycles. The Morgan fingerprint density at radius 3 is 1.58 bits per heavy atom. The molecule has 0 aliphatic heterocycles. The Hall–Kier alpha value is -4.57. The first-order valence-corrected chi connectivity index (χ1v) is 11.7. The van der Waals surface area contributed by atoms with Crippen LogP contribution in [0.5, 0.6) is 5.75 Å². The molecule has 4 aromatic carbocycles. The van der Waals surface area contributed by atoms with Crippen LogP contribution in [0.4, 0.5) is 17.1 Å². The second-order valence-corrected chi connectivity index (χ2v) is 8.53. The Morgan fingerprint density at radius 1 is 0.722 bits per heavy atom. The first kappa shape index (κ1) is 24.6. The molecule has 4 nitrogen and oxygen atoms in total. The van der Waals surface area contributed by atoms with Crippen LogP contribution in [0.15, 0.2) is 122 Å². The standard InChI is InChI=1S/C32H29NO3/c1-5-32(34)36-25(4)22-35-31-20-12-27(13-21-31)26-10-18-30(19-11-26)33(28-14-6-23(2)7-15-28)29-16-8-24(3)9-17-29/h5-21H,1,4,22H2,2-3H3. The lowest BCUT2D eigenvalue weighted by atomic mass is 10.0. The number of nitrogens with zero attached hydrogens (tertiary/aromatic N) is 1. The van der Waals surface area contributed by atoms with E-state index >= 15 is 0 Å². The van der Waals surface area contributed by atoms with Crippen molar-refractivity contribution in [1.29, 1.82) is 0 Å². The van der Waals surface area contributed by atoms with Gasteiger partial charge in [-0.2, -0.15) is 0 Å². The van der Waals surface area contributed by atoms with Gasteiger partial charge in [0.2, 0.25) is 0 Å². The van der Waals surface area contributed by atoms with Crippen LogP contribution in [0.1, 0.15) is 11.1 Å². The van der Waals surface area contributed by atoms with E-state index in [2.05, 4.69) is 105 Å². The Morgan fingerprint density at radius 2 is 1.14 bits per heavy atom. The Bertz CT molecular complexity index is 1290. The third kappa shape index (κ3) is 6.10. The van der Waals surface area contributed by atoms with E-state index in [1.54, 1.807) is 0 Å². The van der Waals surface area contributed by atoms with Gasteiger partial charge in [-0.25, -0.2) is 4.79 Å². The van der Waals surface area contributed by atoms with Crippen molar-refractivity contribution in [2.45, 2.75) is 13.8 Å². The molecule has 0 spiro atoms. The molecular formula is C32H29NO3. The summed E-state index contributed by atoms with van der Waals surface area (Å²) in [7, 11) is 0. The number of ether oxygens (including phenoxy) is 2. The minimum Gasteiger partial charge on any atom is -0.486 e. The van der Waals surface area contributed by atoms with Crippen molar-refractivity contribution in [3.05, 3.63) is 133 Å². The molecule has 0 unspecified atom stereocenters.